The molecule has 148 valence electrons. The van der Waals surface area contributed by atoms with Crippen LogP contribution in [0.15, 0.2) is 22.7 Å². The Labute approximate surface area is 163 Å². The largest absolute Gasteiger partial charge is 0.476 e. The molecule has 4 heterocycles. The van der Waals surface area contributed by atoms with Crippen molar-refractivity contribution in [1.29, 1.82) is 0 Å². The van der Waals surface area contributed by atoms with Crippen LogP contribution in [0.1, 0.15) is 33.6 Å². The maximum absolute atomic E-state index is 11.9. The van der Waals surface area contributed by atoms with Crippen LogP contribution in [0.25, 0.3) is 33.9 Å². The molecule has 0 aliphatic heterocycles. The second-order valence-electron chi connectivity index (χ2n) is 6.41. The molecule has 4 aromatic rings. The summed E-state index contributed by atoms with van der Waals surface area (Å²) >= 11 is 0. The summed E-state index contributed by atoms with van der Waals surface area (Å²) in [5.74, 6) is -2.05. The normalized spacial score (nSPS) is 11.3. The molecular formula is C18H17N7O4. The summed E-state index contributed by atoms with van der Waals surface area (Å²) in [7, 11) is 1.68. The van der Waals surface area contributed by atoms with Gasteiger partial charge in [-0.1, -0.05) is 0 Å². The number of fused-ring (bicyclic) bond motifs is 1. The van der Waals surface area contributed by atoms with E-state index in [2.05, 4.69) is 20.2 Å². The second-order valence-corrected chi connectivity index (χ2v) is 6.41. The molecule has 11 heteroatoms. The van der Waals surface area contributed by atoms with E-state index in [9.17, 15) is 14.7 Å². The van der Waals surface area contributed by atoms with Crippen LogP contribution in [0.3, 0.4) is 0 Å². The van der Waals surface area contributed by atoms with Crippen molar-refractivity contribution in [3.63, 3.8) is 0 Å². The monoisotopic (exact) mass is 395 g/mol. The van der Waals surface area contributed by atoms with E-state index >= 15 is 0 Å². The summed E-state index contributed by atoms with van der Waals surface area (Å²) in [4.78, 5) is 32.0. The third kappa shape index (κ3) is 2.92. The maximum Gasteiger partial charge on any atom is 0.358 e. The molecule has 0 spiro atoms. The van der Waals surface area contributed by atoms with Crippen molar-refractivity contribution in [2.45, 2.75) is 20.4 Å². The van der Waals surface area contributed by atoms with Crippen LogP contribution in [0.5, 0.6) is 0 Å². The molecule has 0 atom stereocenters. The predicted molar refractivity (Wildman–Crippen MR) is 101 cm³/mol. The van der Waals surface area contributed by atoms with E-state index in [1.807, 2.05) is 13.8 Å². The fourth-order valence-corrected chi connectivity index (χ4v) is 3.14. The highest BCUT2D eigenvalue weighted by atomic mass is 16.4. The number of aromatic carboxylic acids is 1. The van der Waals surface area contributed by atoms with Gasteiger partial charge in [0.1, 0.15) is 17.1 Å². The zero-order valence-electron chi connectivity index (χ0n) is 15.9. The van der Waals surface area contributed by atoms with Gasteiger partial charge in [-0.05, 0) is 26.0 Å². The number of amides is 1. The Morgan fingerprint density at radius 1 is 1.28 bits per heavy atom. The van der Waals surface area contributed by atoms with Gasteiger partial charge in [-0.25, -0.2) is 9.78 Å². The number of rotatable bonds is 5. The highest BCUT2D eigenvalue weighted by Gasteiger charge is 2.27. The number of carbonyl (C=O) groups is 2. The third-order valence-corrected chi connectivity index (χ3v) is 4.46. The topological polar surface area (TPSA) is 155 Å². The summed E-state index contributed by atoms with van der Waals surface area (Å²) in [6, 6.07) is 3.24. The number of aromatic nitrogens is 6. The zero-order valence-corrected chi connectivity index (χ0v) is 15.9. The lowest BCUT2D eigenvalue weighted by atomic mass is 10.1. The molecule has 4 aromatic heterocycles. The van der Waals surface area contributed by atoms with Crippen LogP contribution in [0.4, 0.5) is 0 Å². The van der Waals surface area contributed by atoms with Gasteiger partial charge >= 0.3 is 5.97 Å². The molecule has 11 nitrogen and oxygen atoms in total. The van der Waals surface area contributed by atoms with E-state index in [-0.39, 0.29) is 28.7 Å². The van der Waals surface area contributed by atoms with E-state index in [4.69, 9.17) is 10.2 Å². The van der Waals surface area contributed by atoms with Gasteiger partial charge in [0.25, 0.3) is 5.91 Å². The Morgan fingerprint density at radius 3 is 2.69 bits per heavy atom. The first-order valence-electron chi connectivity index (χ1n) is 8.72. The highest BCUT2D eigenvalue weighted by molar-refractivity contribution is 6.02. The minimum atomic E-state index is -1.29. The lowest BCUT2D eigenvalue weighted by molar-refractivity contribution is 0.0691. The fourth-order valence-electron chi connectivity index (χ4n) is 3.14. The van der Waals surface area contributed by atoms with Gasteiger partial charge in [0, 0.05) is 19.0 Å². The van der Waals surface area contributed by atoms with Crippen molar-refractivity contribution in [2.24, 2.45) is 12.8 Å². The number of primary amides is 1. The second kappa shape index (κ2) is 6.55. The molecule has 0 aliphatic carbocycles. The van der Waals surface area contributed by atoms with Crippen molar-refractivity contribution < 1.29 is 19.1 Å². The average Bonchev–Trinajstić information content (AvgIpc) is 3.37. The summed E-state index contributed by atoms with van der Waals surface area (Å²) in [5.41, 5.74) is 6.97. The highest BCUT2D eigenvalue weighted by Crippen LogP contribution is 2.33. The SMILES string of the molecule is CCn1nc(C)cc1-c1nc(C(=O)O)c(-c2nc(C(N)=O)cc3c2cnn3C)o1. The lowest BCUT2D eigenvalue weighted by Gasteiger charge is -2.04. The number of hydrogen-bond acceptors (Lipinski definition) is 7. The molecule has 0 unspecified atom stereocenters. The van der Waals surface area contributed by atoms with E-state index in [1.54, 1.807) is 17.8 Å². The van der Waals surface area contributed by atoms with E-state index in [0.29, 0.717) is 23.1 Å². The van der Waals surface area contributed by atoms with Gasteiger partial charge in [0.05, 0.1) is 17.4 Å². The predicted octanol–water partition coefficient (Wildman–Crippen LogP) is 1.61. The van der Waals surface area contributed by atoms with Crippen LogP contribution in [-0.4, -0.2) is 46.5 Å². The van der Waals surface area contributed by atoms with Gasteiger partial charge in [-0.2, -0.15) is 15.2 Å². The van der Waals surface area contributed by atoms with Crippen LogP contribution in [0, 0.1) is 6.92 Å². The van der Waals surface area contributed by atoms with Gasteiger partial charge in [-0.3, -0.25) is 14.2 Å². The number of oxazole rings is 1. The number of hydrogen-bond donors (Lipinski definition) is 2. The number of aryl methyl sites for hydroxylation is 3. The molecule has 0 fully saturated rings. The summed E-state index contributed by atoms with van der Waals surface area (Å²) in [6.07, 6.45) is 1.51. The molecule has 0 saturated heterocycles. The molecule has 29 heavy (non-hydrogen) atoms. The summed E-state index contributed by atoms with van der Waals surface area (Å²) in [6.45, 7) is 4.26. The molecule has 0 aliphatic rings. The van der Waals surface area contributed by atoms with Gasteiger partial charge < -0.3 is 15.3 Å². The molecule has 0 radical (unpaired) electrons. The van der Waals surface area contributed by atoms with Crippen molar-refractivity contribution in [1.82, 2.24) is 29.5 Å². The van der Waals surface area contributed by atoms with Crippen LogP contribution in [0.2, 0.25) is 0 Å². The number of nitrogens with two attached hydrogens (primary N) is 1. The van der Waals surface area contributed by atoms with Crippen molar-refractivity contribution in [2.75, 3.05) is 0 Å². The number of pyridine rings is 1. The first kappa shape index (κ1) is 18.3. The van der Waals surface area contributed by atoms with Gasteiger partial charge in [0.2, 0.25) is 5.89 Å². The molecule has 0 aromatic carbocycles. The molecule has 4 rings (SSSR count). The third-order valence-electron chi connectivity index (χ3n) is 4.46. The molecule has 0 bridgehead atoms. The number of carboxylic acids is 1. The Bertz CT molecular complexity index is 1280. The van der Waals surface area contributed by atoms with Crippen LogP contribution < -0.4 is 5.73 Å². The average molecular weight is 395 g/mol. The lowest BCUT2D eigenvalue weighted by Crippen LogP contribution is -2.14. The van der Waals surface area contributed by atoms with Crippen molar-refractivity contribution in [3.05, 3.63) is 35.4 Å². The minimum Gasteiger partial charge on any atom is -0.476 e. The fraction of sp³-hybridized carbons (Fsp3) is 0.222. The van der Waals surface area contributed by atoms with E-state index in [0.717, 1.165) is 5.69 Å². The Kier molecular flexibility index (Phi) is 4.14. The number of nitrogens with zero attached hydrogens (tertiary/aromatic N) is 6. The Balaban J connectivity index is 2.02. The molecule has 3 N–H and O–H groups in total. The molecule has 0 saturated carbocycles. The van der Waals surface area contributed by atoms with Gasteiger partial charge in [-0.15, -0.1) is 0 Å². The van der Waals surface area contributed by atoms with E-state index in [1.165, 1.54) is 16.9 Å². The molecular weight excluding hydrogens is 378 g/mol. The summed E-state index contributed by atoms with van der Waals surface area (Å²) < 4.78 is 9.04. The Morgan fingerprint density at radius 2 is 2.03 bits per heavy atom. The van der Waals surface area contributed by atoms with E-state index < -0.39 is 11.9 Å². The van der Waals surface area contributed by atoms with Crippen molar-refractivity contribution >= 4 is 22.8 Å². The molecule has 1 amide bonds. The quantitative estimate of drug-likeness (QED) is 0.516. The number of carboxylic acid groups (broad SMARTS) is 1. The minimum absolute atomic E-state index is 0.0418. The Hall–Kier alpha value is -4.02. The van der Waals surface area contributed by atoms with Crippen LogP contribution >= 0.6 is 0 Å². The van der Waals surface area contributed by atoms with Crippen molar-refractivity contribution in [3.8, 4) is 23.0 Å². The first-order valence-corrected chi connectivity index (χ1v) is 8.72. The van der Waals surface area contributed by atoms with Gasteiger partial charge in [0.15, 0.2) is 11.5 Å². The maximum atomic E-state index is 11.9. The standard InChI is InChI=1S/C18H17N7O4/c1-4-25-12(5-8(2)23-25)17-22-14(18(27)28)15(29-17)13-9-7-20-24(3)11(9)6-10(21-13)16(19)26/h5-7H,4H2,1-3H3,(H2,19,26)(H,27,28). The van der Waals surface area contributed by atoms with Crippen LogP contribution in [-0.2, 0) is 13.6 Å². The first-order chi connectivity index (χ1) is 13.8. The summed E-state index contributed by atoms with van der Waals surface area (Å²) in [5, 5.41) is 18.7. The number of carbonyl (C=O) groups excluding carboxylic acids is 1. The zero-order chi connectivity index (χ0) is 20.9. The smallest absolute Gasteiger partial charge is 0.358 e.